The van der Waals surface area contributed by atoms with Gasteiger partial charge < -0.3 is 52.8 Å². The van der Waals surface area contributed by atoms with Crippen LogP contribution in [-0.4, -0.2) is 77.4 Å². The number of nitrogens with two attached hydrogens (primary N) is 2. The minimum atomic E-state index is -1.51. The highest BCUT2D eigenvalue weighted by Crippen LogP contribution is 2.56. The number of nitrogens with one attached hydrogen (secondary N) is 6. The van der Waals surface area contributed by atoms with Crippen LogP contribution in [0.4, 0.5) is 11.4 Å². The number of rotatable bonds is 14. The van der Waals surface area contributed by atoms with Crippen molar-refractivity contribution < 1.29 is 52.6 Å². The summed E-state index contributed by atoms with van der Waals surface area (Å²) in [6.45, 7) is 5.10. The zero-order chi connectivity index (χ0) is 41.8. The van der Waals surface area contributed by atoms with E-state index < -0.39 is 95.8 Å². The molecule has 19 nitrogen and oxygen atoms in total. The summed E-state index contributed by atoms with van der Waals surface area (Å²) in [5.74, 6) is -6.07. The van der Waals surface area contributed by atoms with Gasteiger partial charge in [0.05, 0.1) is 18.4 Å². The largest absolute Gasteiger partial charge is 0.456 e. The highest BCUT2D eigenvalue weighted by atomic mass is 16.6. The molecule has 0 saturated heterocycles. The molecule has 2 aliphatic heterocycles. The molecule has 298 valence electrons. The van der Waals surface area contributed by atoms with E-state index in [-0.39, 0.29) is 22.9 Å². The van der Waals surface area contributed by atoms with E-state index in [2.05, 4.69) is 31.9 Å². The van der Waals surface area contributed by atoms with Crippen molar-refractivity contribution in [3.8, 4) is 11.5 Å². The van der Waals surface area contributed by atoms with Gasteiger partial charge in [0.25, 0.3) is 0 Å². The first-order valence-electron chi connectivity index (χ1n) is 17.5. The monoisotopic (exact) mass is 784 g/mol. The summed E-state index contributed by atoms with van der Waals surface area (Å²) in [4.78, 5) is 111. The summed E-state index contributed by atoms with van der Waals surface area (Å²) in [5.41, 5.74) is 11.0. The third-order valence-corrected chi connectivity index (χ3v) is 8.95. The molecule has 1 spiro atoms. The summed E-state index contributed by atoms with van der Waals surface area (Å²) < 4.78 is 12.5. The fourth-order valence-electron chi connectivity index (χ4n) is 6.40. The Balaban J connectivity index is 1.41. The fourth-order valence-corrected chi connectivity index (χ4v) is 6.40. The van der Waals surface area contributed by atoms with Crippen molar-refractivity contribution >= 4 is 64.6 Å². The van der Waals surface area contributed by atoms with Crippen LogP contribution in [0.5, 0.6) is 11.5 Å². The Hall–Kier alpha value is -7.31. The molecule has 0 fully saturated rings. The normalized spacial score (nSPS) is 16.7. The van der Waals surface area contributed by atoms with Gasteiger partial charge in [0.15, 0.2) is 5.60 Å². The number of hydrogen-bond donors (Lipinski definition) is 8. The molecule has 2 heterocycles. The molecular weight excluding hydrogens is 744 g/mol. The van der Waals surface area contributed by atoms with E-state index >= 15 is 0 Å². The smallest absolute Gasteiger partial charge is 0.340 e. The Morgan fingerprint density at radius 3 is 1.47 bits per heavy atom. The van der Waals surface area contributed by atoms with Gasteiger partial charge in [0.1, 0.15) is 35.7 Å². The number of carbonyl (C=O) groups excluding carboxylic acids is 9. The molecule has 2 aliphatic rings. The van der Waals surface area contributed by atoms with Crippen LogP contribution in [0.2, 0.25) is 0 Å². The molecule has 10 N–H and O–H groups in total. The Bertz CT molecular complexity index is 2050. The molecule has 3 aromatic rings. The zero-order valence-electron chi connectivity index (χ0n) is 31.1. The zero-order valence-corrected chi connectivity index (χ0v) is 31.1. The van der Waals surface area contributed by atoms with E-state index in [1.165, 1.54) is 26.0 Å². The Morgan fingerprint density at radius 1 is 0.614 bits per heavy atom. The molecule has 5 atom stereocenters. The maximum absolute atomic E-state index is 13.3. The van der Waals surface area contributed by atoms with E-state index in [1.807, 2.05) is 0 Å². The third-order valence-electron chi connectivity index (χ3n) is 8.95. The highest BCUT2D eigenvalue weighted by Gasteiger charge is 2.53. The van der Waals surface area contributed by atoms with Crippen LogP contribution < -0.4 is 48.1 Å². The van der Waals surface area contributed by atoms with Gasteiger partial charge in [-0.1, -0.05) is 18.2 Å². The summed E-state index contributed by atoms with van der Waals surface area (Å²) in [5, 5.41) is 14.9. The molecule has 0 aliphatic carbocycles. The standard InChI is InChI=1S/C38H40N8O11/c1-17(41-35(53)27(15-31(39)49)43-19(3)47)33(51)45-21-9-11-25-29(13-21)56-30-14-22(10-12-26(30)38(25)24-8-6-5-7-23(24)37(55)57-38)46-34(52)18(2)42-36(54)28(16-32(40)50)44-20(4)48/h5-14,17-18,27-28H,15-16H2,1-4H3,(H2,39,49)(H2,40,50)(H,41,53)(H,42,54)(H,43,47)(H,44,48)(H,45,51)(H,46,52)/t17-,18+,27+,28-,38?. The van der Waals surface area contributed by atoms with Gasteiger partial charge in [-0.05, 0) is 44.2 Å². The van der Waals surface area contributed by atoms with Gasteiger partial charge in [-0.2, -0.15) is 0 Å². The first-order valence-corrected chi connectivity index (χ1v) is 17.5. The van der Waals surface area contributed by atoms with Crippen molar-refractivity contribution in [2.24, 2.45) is 11.5 Å². The SMILES string of the molecule is CC(=O)N[C@@H](CC(N)=O)C(=O)N[C@H](C)C(=O)Nc1ccc2c(c1)Oc1cc(NC(=O)[C@H](C)NC(=O)[C@@H](CC(N)=O)NC(C)=O)ccc1C21OC(=O)c2ccccc21. The van der Waals surface area contributed by atoms with Crippen molar-refractivity contribution in [1.82, 2.24) is 21.3 Å². The second kappa shape index (κ2) is 16.6. The number of hydrogen-bond acceptors (Lipinski definition) is 11. The van der Waals surface area contributed by atoms with Crippen LogP contribution in [0, 0.1) is 0 Å². The van der Waals surface area contributed by atoms with Gasteiger partial charge in [0, 0.05) is 54.0 Å². The third kappa shape index (κ3) is 8.98. The maximum Gasteiger partial charge on any atom is 0.340 e. The number of anilines is 2. The lowest BCUT2D eigenvalue weighted by molar-refractivity contribution is -0.132. The molecule has 5 rings (SSSR count). The lowest BCUT2D eigenvalue weighted by Gasteiger charge is -2.37. The van der Waals surface area contributed by atoms with Crippen LogP contribution in [0.1, 0.15) is 67.6 Å². The van der Waals surface area contributed by atoms with E-state index in [9.17, 15) is 43.2 Å². The van der Waals surface area contributed by atoms with Gasteiger partial charge in [-0.25, -0.2) is 4.79 Å². The number of primary amides is 2. The van der Waals surface area contributed by atoms with Crippen LogP contribution in [0.25, 0.3) is 0 Å². The predicted molar refractivity (Wildman–Crippen MR) is 200 cm³/mol. The average molecular weight is 785 g/mol. The van der Waals surface area contributed by atoms with Gasteiger partial charge >= 0.3 is 5.97 Å². The van der Waals surface area contributed by atoms with Gasteiger partial charge in [-0.15, -0.1) is 0 Å². The molecule has 3 aromatic carbocycles. The van der Waals surface area contributed by atoms with Crippen molar-refractivity contribution in [1.29, 1.82) is 0 Å². The molecule has 0 aromatic heterocycles. The number of amides is 8. The summed E-state index contributed by atoms with van der Waals surface area (Å²) in [7, 11) is 0. The number of benzene rings is 3. The van der Waals surface area contributed by atoms with Crippen molar-refractivity contribution in [3.63, 3.8) is 0 Å². The summed E-state index contributed by atoms with van der Waals surface area (Å²) in [6, 6.07) is 11.2. The van der Waals surface area contributed by atoms with Crippen LogP contribution in [0.15, 0.2) is 60.7 Å². The molecule has 1 unspecified atom stereocenters. The minimum absolute atomic E-state index is 0.163. The molecule has 19 heteroatoms. The second-order valence-corrected chi connectivity index (χ2v) is 13.4. The predicted octanol–water partition coefficient (Wildman–Crippen LogP) is -0.0988. The Labute approximate surface area is 324 Å². The van der Waals surface area contributed by atoms with E-state index in [0.29, 0.717) is 22.3 Å². The molecule has 8 amide bonds. The highest BCUT2D eigenvalue weighted by molar-refractivity contribution is 6.01. The summed E-state index contributed by atoms with van der Waals surface area (Å²) in [6.07, 6.45) is -0.975. The maximum atomic E-state index is 13.3. The molecule has 0 saturated carbocycles. The molecule has 0 bridgehead atoms. The van der Waals surface area contributed by atoms with E-state index in [1.54, 1.807) is 48.5 Å². The van der Waals surface area contributed by atoms with Gasteiger partial charge in [-0.3, -0.25) is 38.4 Å². The van der Waals surface area contributed by atoms with Crippen molar-refractivity contribution in [2.75, 3.05) is 10.6 Å². The van der Waals surface area contributed by atoms with Crippen molar-refractivity contribution in [2.45, 2.75) is 70.3 Å². The van der Waals surface area contributed by atoms with E-state index in [0.717, 1.165) is 13.8 Å². The van der Waals surface area contributed by atoms with Crippen LogP contribution >= 0.6 is 0 Å². The first kappa shape index (κ1) is 40.9. The molecule has 0 radical (unpaired) electrons. The summed E-state index contributed by atoms with van der Waals surface area (Å²) >= 11 is 0. The van der Waals surface area contributed by atoms with Crippen LogP contribution in [0.3, 0.4) is 0 Å². The Kier molecular flexibility index (Phi) is 11.9. The van der Waals surface area contributed by atoms with Crippen LogP contribution in [-0.2, 0) is 48.7 Å². The first-order chi connectivity index (χ1) is 26.9. The fraction of sp³-hybridized carbons (Fsp3) is 0.289. The number of carbonyl (C=O) groups is 9. The Morgan fingerprint density at radius 2 is 1.05 bits per heavy atom. The quantitative estimate of drug-likeness (QED) is 0.0999. The lowest BCUT2D eigenvalue weighted by Crippen LogP contribution is -2.52. The molecular formula is C38H40N8O11. The number of ether oxygens (including phenoxy) is 2. The van der Waals surface area contributed by atoms with Gasteiger partial charge in [0.2, 0.25) is 47.3 Å². The molecule has 57 heavy (non-hydrogen) atoms. The topological polar surface area (TPSA) is 296 Å². The number of esters is 1. The number of fused-ring (bicyclic) bond motifs is 6. The van der Waals surface area contributed by atoms with E-state index in [4.69, 9.17) is 20.9 Å². The second-order valence-electron chi connectivity index (χ2n) is 13.4. The average Bonchev–Trinajstić information content (AvgIpc) is 3.42. The lowest BCUT2D eigenvalue weighted by atomic mass is 9.77. The minimum Gasteiger partial charge on any atom is -0.456 e. The van der Waals surface area contributed by atoms with Crippen molar-refractivity contribution in [3.05, 3.63) is 82.9 Å².